The quantitative estimate of drug-likeness (QED) is 0.773. The number of rotatable bonds is 5. The first-order chi connectivity index (χ1) is 11.1. The molecule has 0 fully saturated rings. The number of amides is 1. The van der Waals surface area contributed by atoms with E-state index in [1.54, 1.807) is 0 Å². The Kier molecular flexibility index (Phi) is 4.52. The van der Waals surface area contributed by atoms with Gasteiger partial charge >= 0.3 is 0 Å². The van der Waals surface area contributed by atoms with Crippen molar-refractivity contribution in [1.82, 2.24) is 9.97 Å². The lowest BCUT2D eigenvalue weighted by molar-refractivity contribution is -0.118. The Balaban J connectivity index is 1.60. The summed E-state index contributed by atoms with van der Waals surface area (Å²) in [5.41, 5.74) is 1.99. The zero-order valence-electron chi connectivity index (χ0n) is 12.9. The highest BCUT2D eigenvalue weighted by Gasteiger charge is 2.09. The molecule has 2 aromatic heterocycles. The fourth-order valence-electron chi connectivity index (χ4n) is 2.16. The first-order valence-electron chi connectivity index (χ1n) is 7.34. The highest BCUT2D eigenvalue weighted by atomic mass is 32.1. The number of carbonyl (C=O) groups excluding carboxylic acids is 1. The lowest BCUT2D eigenvalue weighted by atomic mass is 10.0. The van der Waals surface area contributed by atoms with Gasteiger partial charge in [0.15, 0.2) is 6.61 Å². The first-order valence-corrected chi connectivity index (χ1v) is 8.22. The molecule has 6 heteroatoms. The number of ether oxygens (including phenoxy) is 1. The van der Waals surface area contributed by atoms with Crippen molar-refractivity contribution in [3.8, 4) is 5.88 Å². The van der Waals surface area contributed by atoms with Crippen LogP contribution in [0, 0.1) is 0 Å². The van der Waals surface area contributed by atoms with Crippen molar-refractivity contribution in [2.75, 3.05) is 11.9 Å². The Morgan fingerprint density at radius 1 is 1.22 bits per heavy atom. The molecule has 3 rings (SSSR count). The molecule has 1 aromatic carbocycles. The van der Waals surface area contributed by atoms with Crippen LogP contribution in [0.15, 0.2) is 42.0 Å². The number of fused-ring (bicyclic) bond motifs is 1. The zero-order valence-corrected chi connectivity index (χ0v) is 13.8. The maximum atomic E-state index is 12.0. The van der Waals surface area contributed by atoms with Crippen molar-refractivity contribution >= 4 is 33.1 Å². The van der Waals surface area contributed by atoms with Crippen LogP contribution < -0.4 is 10.1 Å². The van der Waals surface area contributed by atoms with Crippen molar-refractivity contribution in [3.63, 3.8) is 0 Å². The van der Waals surface area contributed by atoms with E-state index in [1.807, 2.05) is 35.7 Å². The minimum absolute atomic E-state index is 0.0894. The van der Waals surface area contributed by atoms with Crippen molar-refractivity contribution in [2.24, 2.45) is 0 Å². The maximum absolute atomic E-state index is 12.0. The number of thiophene rings is 1. The lowest BCUT2D eigenvalue weighted by Gasteiger charge is -2.09. The van der Waals surface area contributed by atoms with E-state index >= 15 is 0 Å². The van der Waals surface area contributed by atoms with Gasteiger partial charge in [0.05, 0.1) is 5.39 Å². The second-order valence-corrected chi connectivity index (χ2v) is 6.33. The van der Waals surface area contributed by atoms with E-state index in [2.05, 4.69) is 29.1 Å². The van der Waals surface area contributed by atoms with Crippen LogP contribution in [0.2, 0.25) is 0 Å². The molecule has 0 saturated heterocycles. The number of nitrogens with one attached hydrogen (secondary N) is 1. The maximum Gasteiger partial charge on any atom is 0.262 e. The van der Waals surface area contributed by atoms with Gasteiger partial charge in [0.1, 0.15) is 11.2 Å². The van der Waals surface area contributed by atoms with Gasteiger partial charge in [0.25, 0.3) is 5.91 Å². The summed E-state index contributed by atoms with van der Waals surface area (Å²) in [5.74, 6) is 0.680. The van der Waals surface area contributed by atoms with E-state index in [9.17, 15) is 4.79 Å². The molecule has 118 valence electrons. The minimum Gasteiger partial charge on any atom is -0.467 e. The van der Waals surface area contributed by atoms with E-state index in [1.165, 1.54) is 23.2 Å². The van der Waals surface area contributed by atoms with E-state index in [0.29, 0.717) is 11.8 Å². The average Bonchev–Trinajstić information content (AvgIpc) is 3.02. The van der Waals surface area contributed by atoms with Gasteiger partial charge in [0.2, 0.25) is 5.88 Å². The van der Waals surface area contributed by atoms with E-state index in [-0.39, 0.29) is 12.5 Å². The monoisotopic (exact) mass is 327 g/mol. The molecule has 0 aliphatic carbocycles. The normalized spacial score (nSPS) is 10.9. The third-order valence-electron chi connectivity index (χ3n) is 3.43. The van der Waals surface area contributed by atoms with Crippen molar-refractivity contribution in [2.45, 2.75) is 19.8 Å². The number of aromatic nitrogens is 2. The van der Waals surface area contributed by atoms with Gasteiger partial charge in [-0.05, 0) is 35.1 Å². The molecule has 0 unspecified atom stereocenters. The predicted octanol–water partition coefficient (Wildman–Crippen LogP) is 3.83. The molecule has 2 heterocycles. The van der Waals surface area contributed by atoms with Crippen LogP contribution in [0.4, 0.5) is 5.69 Å². The van der Waals surface area contributed by atoms with Crippen LogP contribution in [0.5, 0.6) is 5.88 Å². The number of hydrogen-bond donors (Lipinski definition) is 1. The molecule has 1 N–H and O–H groups in total. The van der Waals surface area contributed by atoms with Crippen LogP contribution in [0.25, 0.3) is 10.2 Å². The second kappa shape index (κ2) is 6.75. The van der Waals surface area contributed by atoms with Gasteiger partial charge in [-0.15, -0.1) is 11.3 Å². The summed E-state index contributed by atoms with van der Waals surface area (Å²) in [6.45, 7) is 4.18. The molecule has 0 spiro atoms. The summed E-state index contributed by atoms with van der Waals surface area (Å²) >= 11 is 1.51. The highest BCUT2D eigenvalue weighted by molar-refractivity contribution is 7.16. The molecule has 0 aliphatic heterocycles. The SMILES string of the molecule is CC(C)c1ccc(NC(=O)COc2ncnc3sccc23)cc1. The van der Waals surface area contributed by atoms with Crippen LogP contribution in [0.1, 0.15) is 25.3 Å². The number of benzene rings is 1. The van der Waals surface area contributed by atoms with Crippen LogP contribution >= 0.6 is 11.3 Å². The Morgan fingerprint density at radius 2 is 2.00 bits per heavy atom. The van der Waals surface area contributed by atoms with Crippen LogP contribution in [-0.4, -0.2) is 22.5 Å². The number of anilines is 1. The molecular weight excluding hydrogens is 310 g/mol. The van der Waals surface area contributed by atoms with E-state index in [4.69, 9.17) is 4.74 Å². The molecule has 3 aromatic rings. The smallest absolute Gasteiger partial charge is 0.262 e. The average molecular weight is 327 g/mol. The number of hydrogen-bond acceptors (Lipinski definition) is 5. The molecule has 0 aliphatic rings. The summed E-state index contributed by atoms with van der Waals surface area (Å²) in [4.78, 5) is 21.1. The first kappa shape index (κ1) is 15.4. The molecule has 5 nitrogen and oxygen atoms in total. The van der Waals surface area contributed by atoms with Gasteiger partial charge in [-0.25, -0.2) is 9.97 Å². The van der Waals surface area contributed by atoms with Crippen LogP contribution in [-0.2, 0) is 4.79 Å². The number of carbonyl (C=O) groups is 1. The number of nitrogens with zero attached hydrogens (tertiary/aromatic N) is 2. The van der Waals surface area contributed by atoms with Gasteiger partial charge in [-0.2, -0.15) is 0 Å². The van der Waals surface area contributed by atoms with E-state index in [0.717, 1.165) is 15.9 Å². The van der Waals surface area contributed by atoms with Crippen LogP contribution in [0.3, 0.4) is 0 Å². The lowest BCUT2D eigenvalue weighted by Crippen LogP contribution is -2.20. The summed E-state index contributed by atoms with van der Waals surface area (Å²) in [6.07, 6.45) is 1.44. The fourth-order valence-corrected chi connectivity index (χ4v) is 2.89. The van der Waals surface area contributed by atoms with E-state index < -0.39 is 0 Å². The zero-order chi connectivity index (χ0) is 16.2. The molecule has 0 atom stereocenters. The molecule has 1 amide bonds. The Hall–Kier alpha value is -2.47. The Morgan fingerprint density at radius 3 is 2.74 bits per heavy atom. The molecule has 0 saturated carbocycles. The summed E-state index contributed by atoms with van der Waals surface area (Å²) in [5, 5.41) is 5.56. The summed E-state index contributed by atoms with van der Waals surface area (Å²) < 4.78 is 5.52. The van der Waals surface area contributed by atoms with Gasteiger partial charge in [-0.1, -0.05) is 26.0 Å². The predicted molar refractivity (Wildman–Crippen MR) is 92.1 cm³/mol. The topological polar surface area (TPSA) is 64.1 Å². The van der Waals surface area contributed by atoms with Crippen molar-refractivity contribution < 1.29 is 9.53 Å². The van der Waals surface area contributed by atoms with Crippen molar-refractivity contribution in [3.05, 3.63) is 47.6 Å². The molecule has 23 heavy (non-hydrogen) atoms. The third kappa shape index (κ3) is 3.65. The summed E-state index contributed by atoms with van der Waals surface area (Å²) in [6, 6.07) is 9.71. The molecular formula is C17H17N3O2S. The Labute approximate surface area is 138 Å². The summed E-state index contributed by atoms with van der Waals surface area (Å²) in [7, 11) is 0. The standard InChI is InChI=1S/C17H17N3O2S/c1-11(2)12-3-5-13(6-4-12)20-15(21)9-22-16-14-7-8-23-17(14)19-10-18-16/h3-8,10-11H,9H2,1-2H3,(H,20,21). The highest BCUT2D eigenvalue weighted by Crippen LogP contribution is 2.25. The third-order valence-corrected chi connectivity index (χ3v) is 4.25. The van der Waals surface area contributed by atoms with Gasteiger partial charge < -0.3 is 10.1 Å². The minimum atomic E-state index is -0.218. The second-order valence-electron chi connectivity index (χ2n) is 5.43. The van der Waals surface area contributed by atoms with Gasteiger partial charge in [-0.3, -0.25) is 4.79 Å². The molecule has 0 bridgehead atoms. The van der Waals surface area contributed by atoms with Gasteiger partial charge in [0, 0.05) is 5.69 Å². The fraction of sp³-hybridized carbons (Fsp3) is 0.235. The largest absolute Gasteiger partial charge is 0.467 e. The molecule has 0 radical (unpaired) electrons. The van der Waals surface area contributed by atoms with Crippen molar-refractivity contribution in [1.29, 1.82) is 0 Å². The Bertz CT molecular complexity index is 812.